The van der Waals surface area contributed by atoms with Crippen LogP contribution in [0.1, 0.15) is 41.3 Å². The molecule has 2 heterocycles. The molecule has 0 saturated carbocycles. The second-order valence-corrected chi connectivity index (χ2v) is 6.24. The van der Waals surface area contributed by atoms with Gasteiger partial charge in [0.15, 0.2) is 0 Å². The minimum atomic E-state index is -0.235. The molecule has 26 heavy (non-hydrogen) atoms. The van der Waals surface area contributed by atoms with E-state index in [9.17, 15) is 4.79 Å². The number of benzene rings is 1. The lowest BCUT2D eigenvalue weighted by molar-refractivity contribution is 0.102. The summed E-state index contributed by atoms with van der Waals surface area (Å²) >= 11 is 0. The summed E-state index contributed by atoms with van der Waals surface area (Å²) in [5.74, 6) is 0.688. The number of hydrogen-bond donors (Lipinski definition) is 2. The first-order valence-electron chi connectivity index (χ1n) is 8.48. The third-order valence-corrected chi connectivity index (χ3v) is 3.92. The molecule has 0 fully saturated rings. The van der Waals surface area contributed by atoms with Crippen LogP contribution in [0.5, 0.6) is 0 Å². The molecular weight excluding hydrogens is 326 g/mol. The van der Waals surface area contributed by atoms with Gasteiger partial charge in [-0.3, -0.25) is 9.78 Å². The van der Waals surface area contributed by atoms with E-state index in [1.54, 1.807) is 12.4 Å². The van der Waals surface area contributed by atoms with E-state index >= 15 is 0 Å². The summed E-state index contributed by atoms with van der Waals surface area (Å²) in [6.07, 6.45) is 6.52. The van der Waals surface area contributed by atoms with Gasteiger partial charge in [0.25, 0.3) is 5.91 Å². The maximum atomic E-state index is 12.3. The molecule has 0 saturated heterocycles. The molecule has 0 aliphatic carbocycles. The molecule has 0 unspecified atom stereocenters. The first-order chi connectivity index (χ1) is 12.6. The summed E-state index contributed by atoms with van der Waals surface area (Å²) in [7, 11) is 0. The van der Waals surface area contributed by atoms with Crippen LogP contribution in [0, 0.1) is 0 Å². The lowest BCUT2D eigenvalue weighted by Gasteiger charge is -2.09. The van der Waals surface area contributed by atoms with Crippen LogP contribution >= 0.6 is 0 Å². The van der Waals surface area contributed by atoms with Gasteiger partial charge in [0.1, 0.15) is 0 Å². The van der Waals surface area contributed by atoms with Crippen molar-refractivity contribution in [3.8, 4) is 0 Å². The Bertz CT molecular complexity index is 846. The van der Waals surface area contributed by atoms with Gasteiger partial charge in [-0.05, 0) is 35.2 Å². The van der Waals surface area contributed by atoms with Crippen molar-refractivity contribution in [3.05, 3.63) is 77.9 Å². The average molecular weight is 347 g/mol. The predicted octanol–water partition coefficient (Wildman–Crippen LogP) is 3.86. The van der Waals surface area contributed by atoms with Crippen molar-refractivity contribution in [1.29, 1.82) is 0 Å². The highest BCUT2D eigenvalue weighted by atomic mass is 16.1. The summed E-state index contributed by atoms with van der Waals surface area (Å²) in [5.41, 5.74) is 3.42. The largest absolute Gasteiger partial charge is 0.350 e. The number of anilines is 2. The van der Waals surface area contributed by atoms with Crippen molar-refractivity contribution in [2.75, 3.05) is 10.6 Å². The molecular formula is C20H21N5O. The molecule has 6 heteroatoms. The van der Waals surface area contributed by atoms with Gasteiger partial charge < -0.3 is 10.6 Å². The van der Waals surface area contributed by atoms with Gasteiger partial charge in [-0.15, -0.1) is 0 Å². The van der Waals surface area contributed by atoms with E-state index in [0.29, 0.717) is 24.0 Å². The third kappa shape index (κ3) is 4.63. The van der Waals surface area contributed by atoms with E-state index < -0.39 is 0 Å². The number of nitrogens with zero attached hydrogens (tertiary/aromatic N) is 3. The standard InChI is InChI=1S/C20H21N5O/c1-14(2)16-5-7-18(8-6-16)25-19(26)17-12-23-20(24-13-17)22-11-15-4-3-9-21-10-15/h3-10,12-14H,11H2,1-2H3,(H,25,26)(H,22,23,24). The van der Waals surface area contributed by atoms with Crippen molar-refractivity contribution >= 4 is 17.5 Å². The summed E-state index contributed by atoms with van der Waals surface area (Å²) in [5, 5.41) is 5.95. The Morgan fingerprint density at radius 3 is 2.38 bits per heavy atom. The molecule has 1 amide bonds. The second kappa shape index (κ2) is 8.20. The van der Waals surface area contributed by atoms with Crippen molar-refractivity contribution in [1.82, 2.24) is 15.0 Å². The predicted molar refractivity (Wildman–Crippen MR) is 102 cm³/mol. The first kappa shape index (κ1) is 17.5. The highest BCUT2D eigenvalue weighted by Crippen LogP contribution is 2.17. The fraction of sp³-hybridized carbons (Fsp3) is 0.200. The lowest BCUT2D eigenvalue weighted by Crippen LogP contribution is -2.13. The topological polar surface area (TPSA) is 79.8 Å². The summed E-state index contributed by atoms with van der Waals surface area (Å²) in [6, 6.07) is 11.7. The molecule has 2 aromatic heterocycles. The number of hydrogen-bond acceptors (Lipinski definition) is 5. The Kier molecular flexibility index (Phi) is 5.53. The molecule has 6 nitrogen and oxygen atoms in total. The smallest absolute Gasteiger partial charge is 0.258 e. The lowest BCUT2D eigenvalue weighted by atomic mass is 10.0. The van der Waals surface area contributed by atoms with E-state index in [1.807, 2.05) is 36.4 Å². The zero-order chi connectivity index (χ0) is 18.4. The minimum absolute atomic E-state index is 0.235. The second-order valence-electron chi connectivity index (χ2n) is 6.24. The quantitative estimate of drug-likeness (QED) is 0.708. The van der Waals surface area contributed by atoms with Gasteiger partial charge in [-0.25, -0.2) is 9.97 Å². The highest BCUT2D eigenvalue weighted by Gasteiger charge is 2.08. The summed E-state index contributed by atoms with van der Waals surface area (Å²) in [4.78, 5) is 24.7. The molecule has 0 spiro atoms. The van der Waals surface area contributed by atoms with Crippen molar-refractivity contribution < 1.29 is 4.79 Å². The Labute approximate surface area is 152 Å². The van der Waals surface area contributed by atoms with Crippen LogP contribution in [0.4, 0.5) is 11.6 Å². The van der Waals surface area contributed by atoms with Gasteiger partial charge in [0.05, 0.1) is 5.56 Å². The molecule has 3 rings (SSSR count). The molecule has 132 valence electrons. The molecule has 0 bridgehead atoms. The number of nitrogens with one attached hydrogen (secondary N) is 2. The maximum Gasteiger partial charge on any atom is 0.258 e. The molecule has 2 N–H and O–H groups in total. The first-order valence-corrected chi connectivity index (χ1v) is 8.48. The molecule has 0 aliphatic rings. The molecule has 0 radical (unpaired) electrons. The van der Waals surface area contributed by atoms with Crippen LogP contribution in [-0.4, -0.2) is 20.9 Å². The normalized spacial score (nSPS) is 10.6. The van der Waals surface area contributed by atoms with Crippen LogP contribution < -0.4 is 10.6 Å². The highest BCUT2D eigenvalue weighted by molar-refractivity contribution is 6.03. The van der Waals surface area contributed by atoms with Gasteiger partial charge in [-0.1, -0.05) is 32.0 Å². The van der Waals surface area contributed by atoms with E-state index in [4.69, 9.17) is 0 Å². The Morgan fingerprint density at radius 2 is 1.77 bits per heavy atom. The van der Waals surface area contributed by atoms with Gasteiger partial charge in [-0.2, -0.15) is 0 Å². The van der Waals surface area contributed by atoms with Crippen LogP contribution in [-0.2, 0) is 6.54 Å². The van der Waals surface area contributed by atoms with E-state index in [2.05, 4.69) is 39.4 Å². The number of rotatable bonds is 6. The number of pyridine rings is 1. The molecule has 3 aromatic rings. The molecule has 1 aromatic carbocycles. The van der Waals surface area contributed by atoms with Crippen LogP contribution in [0.25, 0.3) is 0 Å². The van der Waals surface area contributed by atoms with Crippen LogP contribution in [0.3, 0.4) is 0 Å². The Morgan fingerprint density at radius 1 is 1.04 bits per heavy atom. The fourth-order valence-electron chi connectivity index (χ4n) is 2.38. The Hall–Kier alpha value is -3.28. The summed E-state index contributed by atoms with van der Waals surface area (Å²) in [6.45, 7) is 4.84. The van der Waals surface area contributed by atoms with Gasteiger partial charge in [0.2, 0.25) is 5.95 Å². The fourth-order valence-corrected chi connectivity index (χ4v) is 2.38. The monoisotopic (exact) mass is 347 g/mol. The van der Waals surface area contributed by atoms with E-state index in [-0.39, 0.29) is 5.91 Å². The zero-order valence-corrected chi connectivity index (χ0v) is 14.8. The van der Waals surface area contributed by atoms with Gasteiger partial charge in [0, 0.05) is 37.0 Å². The zero-order valence-electron chi connectivity index (χ0n) is 14.8. The summed E-state index contributed by atoms with van der Waals surface area (Å²) < 4.78 is 0. The van der Waals surface area contributed by atoms with Crippen LogP contribution in [0.2, 0.25) is 0 Å². The van der Waals surface area contributed by atoms with E-state index in [0.717, 1.165) is 11.3 Å². The van der Waals surface area contributed by atoms with Crippen molar-refractivity contribution in [2.45, 2.75) is 26.3 Å². The number of carbonyl (C=O) groups excluding carboxylic acids is 1. The van der Waals surface area contributed by atoms with Gasteiger partial charge >= 0.3 is 0 Å². The Balaban J connectivity index is 1.58. The number of amides is 1. The third-order valence-electron chi connectivity index (χ3n) is 3.92. The number of carbonyl (C=O) groups is 1. The van der Waals surface area contributed by atoms with Crippen LogP contribution in [0.15, 0.2) is 61.2 Å². The van der Waals surface area contributed by atoms with Crippen molar-refractivity contribution in [2.24, 2.45) is 0 Å². The van der Waals surface area contributed by atoms with E-state index in [1.165, 1.54) is 18.0 Å². The number of aromatic nitrogens is 3. The molecule has 0 aliphatic heterocycles. The molecule has 0 atom stereocenters. The minimum Gasteiger partial charge on any atom is -0.350 e. The maximum absolute atomic E-state index is 12.3. The van der Waals surface area contributed by atoms with Crippen molar-refractivity contribution in [3.63, 3.8) is 0 Å². The SMILES string of the molecule is CC(C)c1ccc(NC(=O)c2cnc(NCc3cccnc3)nc2)cc1. The average Bonchev–Trinajstić information content (AvgIpc) is 2.68.